The van der Waals surface area contributed by atoms with Crippen molar-refractivity contribution in [3.63, 3.8) is 0 Å². The van der Waals surface area contributed by atoms with Gasteiger partial charge in [-0.15, -0.1) is 0 Å². The van der Waals surface area contributed by atoms with Crippen LogP contribution in [0.25, 0.3) is 0 Å². The Morgan fingerprint density at radius 1 is 1.53 bits per heavy atom. The lowest BCUT2D eigenvalue weighted by molar-refractivity contribution is 0.0315. The minimum absolute atomic E-state index is 0.243. The third kappa shape index (κ3) is 2.87. The second kappa shape index (κ2) is 5.19. The summed E-state index contributed by atoms with van der Waals surface area (Å²) in [6, 6.07) is 0.309. The lowest BCUT2D eigenvalue weighted by atomic mass is 9.97. The fourth-order valence-corrected chi connectivity index (χ4v) is 2.78. The number of hydrogen-bond acceptors (Lipinski definition) is 3. The van der Waals surface area contributed by atoms with E-state index in [0.717, 1.165) is 25.2 Å². The Morgan fingerprint density at radius 3 is 2.88 bits per heavy atom. The zero-order valence-corrected chi connectivity index (χ0v) is 11.1. The molecule has 1 fully saturated rings. The van der Waals surface area contributed by atoms with Crippen LogP contribution in [0.4, 0.5) is 0 Å². The molecule has 0 radical (unpaired) electrons. The van der Waals surface area contributed by atoms with Crippen molar-refractivity contribution in [2.75, 3.05) is 6.54 Å². The molecule has 0 bridgehead atoms. The van der Waals surface area contributed by atoms with E-state index in [1.165, 1.54) is 18.4 Å². The molecule has 1 aromatic heterocycles. The molecule has 2 rings (SSSR count). The summed E-state index contributed by atoms with van der Waals surface area (Å²) < 4.78 is 1.87. The molecule has 1 aliphatic heterocycles. The van der Waals surface area contributed by atoms with Gasteiger partial charge < -0.3 is 5.11 Å². The molecule has 0 aromatic carbocycles. The summed E-state index contributed by atoms with van der Waals surface area (Å²) in [4.78, 5) is 2.40. The molecule has 2 atom stereocenters. The van der Waals surface area contributed by atoms with Crippen LogP contribution in [-0.4, -0.2) is 38.5 Å². The van der Waals surface area contributed by atoms with Crippen molar-refractivity contribution in [3.8, 4) is 0 Å². The summed E-state index contributed by atoms with van der Waals surface area (Å²) in [6.45, 7) is 5.95. The van der Waals surface area contributed by atoms with Crippen LogP contribution in [0.5, 0.6) is 0 Å². The first-order chi connectivity index (χ1) is 8.08. The predicted octanol–water partition coefficient (Wildman–Crippen LogP) is 1.46. The van der Waals surface area contributed by atoms with E-state index >= 15 is 0 Å². The van der Waals surface area contributed by atoms with E-state index in [-0.39, 0.29) is 6.10 Å². The standard InChI is InChI=1S/C13H23N3O/c1-10-12(8-15(3)14-10)9-16-7-5-4-6-13(16)11(2)17/h8,11,13,17H,4-7,9H2,1-3H3. The van der Waals surface area contributed by atoms with E-state index in [1.807, 2.05) is 18.7 Å². The Labute approximate surface area is 103 Å². The van der Waals surface area contributed by atoms with E-state index in [1.54, 1.807) is 0 Å². The Morgan fingerprint density at radius 2 is 2.29 bits per heavy atom. The largest absolute Gasteiger partial charge is 0.392 e. The zero-order valence-electron chi connectivity index (χ0n) is 11.1. The number of rotatable bonds is 3. The van der Waals surface area contributed by atoms with Crippen molar-refractivity contribution < 1.29 is 5.11 Å². The lowest BCUT2D eigenvalue weighted by Crippen LogP contribution is -2.45. The first kappa shape index (κ1) is 12.6. The maximum Gasteiger partial charge on any atom is 0.0667 e. The molecule has 4 nitrogen and oxygen atoms in total. The average molecular weight is 237 g/mol. The molecule has 1 saturated heterocycles. The van der Waals surface area contributed by atoms with Gasteiger partial charge in [-0.2, -0.15) is 5.10 Å². The van der Waals surface area contributed by atoms with Gasteiger partial charge in [-0.25, -0.2) is 0 Å². The summed E-state index contributed by atoms with van der Waals surface area (Å²) in [7, 11) is 1.96. The maximum atomic E-state index is 9.84. The van der Waals surface area contributed by atoms with Crippen molar-refractivity contribution >= 4 is 0 Å². The number of piperidine rings is 1. The van der Waals surface area contributed by atoms with Crippen molar-refractivity contribution in [1.82, 2.24) is 14.7 Å². The second-order valence-electron chi connectivity index (χ2n) is 5.19. The highest BCUT2D eigenvalue weighted by molar-refractivity contribution is 5.15. The minimum Gasteiger partial charge on any atom is -0.392 e. The quantitative estimate of drug-likeness (QED) is 0.865. The molecule has 0 aliphatic carbocycles. The van der Waals surface area contributed by atoms with E-state index < -0.39 is 0 Å². The molecule has 0 amide bonds. The smallest absolute Gasteiger partial charge is 0.0667 e. The second-order valence-corrected chi connectivity index (χ2v) is 5.19. The van der Waals surface area contributed by atoms with E-state index in [9.17, 15) is 5.11 Å². The number of aliphatic hydroxyl groups excluding tert-OH is 1. The topological polar surface area (TPSA) is 41.3 Å². The fraction of sp³-hybridized carbons (Fsp3) is 0.769. The molecule has 0 spiro atoms. The molecular weight excluding hydrogens is 214 g/mol. The Kier molecular flexibility index (Phi) is 3.84. The number of hydrogen-bond donors (Lipinski definition) is 1. The van der Waals surface area contributed by atoms with Crippen LogP contribution in [0.2, 0.25) is 0 Å². The molecule has 1 N–H and O–H groups in total. The molecule has 0 saturated carbocycles. The van der Waals surface area contributed by atoms with Crippen LogP contribution >= 0.6 is 0 Å². The van der Waals surface area contributed by atoms with Crippen LogP contribution in [0, 0.1) is 6.92 Å². The van der Waals surface area contributed by atoms with Crippen LogP contribution in [0.1, 0.15) is 37.4 Å². The molecule has 1 aliphatic rings. The van der Waals surface area contributed by atoms with Gasteiger partial charge in [0.1, 0.15) is 0 Å². The molecule has 2 unspecified atom stereocenters. The van der Waals surface area contributed by atoms with Crippen molar-refractivity contribution in [2.24, 2.45) is 7.05 Å². The lowest BCUT2D eigenvalue weighted by Gasteiger charge is -2.37. The molecular formula is C13H23N3O. The van der Waals surface area contributed by atoms with Gasteiger partial charge in [0.05, 0.1) is 11.8 Å². The predicted molar refractivity (Wildman–Crippen MR) is 67.7 cm³/mol. The normalized spacial score (nSPS) is 23.9. The highest BCUT2D eigenvalue weighted by Crippen LogP contribution is 2.22. The Bertz CT molecular complexity index is 373. The van der Waals surface area contributed by atoms with Gasteiger partial charge in [-0.3, -0.25) is 9.58 Å². The van der Waals surface area contributed by atoms with E-state index in [4.69, 9.17) is 0 Å². The average Bonchev–Trinajstić information content (AvgIpc) is 2.58. The zero-order chi connectivity index (χ0) is 12.4. The fourth-order valence-electron chi connectivity index (χ4n) is 2.78. The number of likely N-dealkylation sites (tertiary alicyclic amines) is 1. The molecule has 17 heavy (non-hydrogen) atoms. The first-order valence-corrected chi connectivity index (χ1v) is 6.49. The van der Waals surface area contributed by atoms with Crippen molar-refractivity contribution in [3.05, 3.63) is 17.5 Å². The summed E-state index contributed by atoms with van der Waals surface area (Å²) in [6.07, 6.45) is 5.42. The first-order valence-electron chi connectivity index (χ1n) is 6.49. The maximum absolute atomic E-state index is 9.84. The molecule has 1 aromatic rings. The number of aromatic nitrogens is 2. The highest BCUT2D eigenvalue weighted by Gasteiger charge is 2.26. The van der Waals surface area contributed by atoms with E-state index in [2.05, 4.69) is 23.1 Å². The number of aliphatic hydroxyl groups is 1. The Balaban J connectivity index is 2.08. The van der Waals surface area contributed by atoms with Gasteiger partial charge in [-0.1, -0.05) is 6.42 Å². The summed E-state index contributed by atoms with van der Waals surface area (Å²) in [5.74, 6) is 0. The molecule has 4 heteroatoms. The molecule has 2 heterocycles. The van der Waals surface area contributed by atoms with E-state index in [0.29, 0.717) is 6.04 Å². The third-order valence-electron chi connectivity index (χ3n) is 3.71. The number of aryl methyl sites for hydroxylation is 2. The summed E-state index contributed by atoms with van der Waals surface area (Å²) >= 11 is 0. The monoisotopic (exact) mass is 237 g/mol. The van der Waals surface area contributed by atoms with Gasteiger partial charge in [0.2, 0.25) is 0 Å². The highest BCUT2D eigenvalue weighted by atomic mass is 16.3. The van der Waals surface area contributed by atoms with Crippen LogP contribution < -0.4 is 0 Å². The third-order valence-corrected chi connectivity index (χ3v) is 3.71. The Hall–Kier alpha value is -0.870. The SMILES string of the molecule is Cc1nn(C)cc1CN1CCCCC1C(C)O. The van der Waals surface area contributed by atoms with Gasteiger partial charge in [-0.05, 0) is 33.2 Å². The number of nitrogens with zero attached hydrogens (tertiary/aromatic N) is 3. The van der Waals surface area contributed by atoms with Gasteiger partial charge >= 0.3 is 0 Å². The van der Waals surface area contributed by atoms with Crippen LogP contribution in [0.3, 0.4) is 0 Å². The minimum atomic E-state index is -0.243. The molecule has 96 valence electrons. The van der Waals surface area contributed by atoms with Crippen molar-refractivity contribution in [1.29, 1.82) is 0 Å². The summed E-state index contributed by atoms with van der Waals surface area (Å²) in [5, 5.41) is 14.2. The van der Waals surface area contributed by atoms with Gasteiger partial charge in [0.15, 0.2) is 0 Å². The summed E-state index contributed by atoms with van der Waals surface area (Å²) in [5.41, 5.74) is 2.38. The van der Waals surface area contributed by atoms with Crippen LogP contribution in [0.15, 0.2) is 6.20 Å². The van der Waals surface area contributed by atoms with Gasteiger partial charge in [0.25, 0.3) is 0 Å². The van der Waals surface area contributed by atoms with Gasteiger partial charge in [0, 0.05) is 31.4 Å². The van der Waals surface area contributed by atoms with Crippen molar-refractivity contribution in [2.45, 2.75) is 51.8 Å². The van der Waals surface area contributed by atoms with Crippen LogP contribution in [-0.2, 0) is 13.6 Å².